The van der Waals surface area contributed by atoms with Gasteiger partial charge in [-0.1, -0.05) is 115 Å². The lowest BCUT2D eigenvalue weighted by Gasteiger charge is -2.24. The fourth-order valence-corrected chi connectivity index (χ4v) is 8.26. The highest BCUT2D eigenvalue weighted by Crippen LogP contribution is 2.45. The lowest BCUT2D eigenvalue weighted by molar-refractivity contribution is 0.411. The van der Waals surface area contributed by atoms with Crippen molar-refractivity contribution >= 4 is 65.9 Å². The van der Waals surface area contributed by atoms with Gasteiger partial charge in [-0.15, -0.1) is 0 Å². The summed E-state index contributed by atoms with van der Waals surface area (Å²) in [6, 6.07) is 37.1. The minimum atomic E-state index is -2.44. The Morgan fingerprint density at radius 1 is 0.643 bits per heavy atom. The summed E-state index contributed by atoms with van der Waals surface area (Å²) in [5.74, 6) is 1.59. The standard InChI is InChI=1S/C50H44N4O2/c1-27(2)35-24-32(30-14-10-9-11-15-30)25-36(28(3)4)45(35)54-46-33-17-13-12-16-31(33)19-21-39(46)52-48(54)34-20-18-29(5)42-44-41(55-47(34)42)26-37-38(51-44)22-23-40-43(37)53-49(56-40)50(6,7)8/h9-28H,1-8H3/i5D3. The number of benzene rings is 6. The molecular formula is C50H44N4O2. The average molecular weight is 736 g/mol. The molecule has 0 N–H and O–H groups in total. The number of aryl methyl sites for hydroxylation is 1. The van der Waals surface area contributed by atoms with Crippen molar-refractivity contribution in [2.75, 3.05) is 0 Å². The summed E-state index contributed by atoms with van der Waals surface area (Å²) < 4.78 is 41.5. The summed E-state index contributed by atoms with van der Waals surface area (Å²) in [6.07, 6.45) is 0. The highest BCUT2D eigenvalue weighted by atomic mass is 16.3. The van der Waals surface area contributed by atoms with Gasteiger partial charge in [0.05, 0.1) is 33.2 Å². The largest absolute Gasteiger partial charge is 0.454 e. The van der Waals surface area contributed by atoms with Crippen LogP contribution in [0.25, 0.3) is 94.1 Å². The highest BCUT2D eigenvalue weighted by Gasteiger charge is 2.28. The lowest BCUT2D eigenvalue weighted by atomic mass is 9.88. The number of hydrogen-bond donors (Lipinski definition) is 0. The Morgan fingerprint density at radius 2 is 1.38 bits per heavy atom. The molecule has 0 bridgehead atoms. The van der Waals surface area contributed by atoms with Gasteiger partial charge in [0, 0.05) is 20.3 Å². The van der Waals surface area contributed by atoms with Crippen molar-refractivity contribution in [2.24, 2.45) is 0 Å². The van der Waals surface area contributed by atoms with E-state index in [0.717, 1.165) is 44.0 Å². The first-order valence-electron chi connectivity index (χ1n) is 20.9. The molecular weight excluding hydrogens is 689 g/mol. The van der Waals surface area contributed by atoms with Crippen molar-refractivity contribution in [1.29, 1.82) is 0 Å². The predicted molar refractivity (Wildman–Crippen MR) is 231 cm³/mol. The van der Waals surface area contributed by atoms with Crippen molar-refractivity contribution in [3.8, 4) is 28.2 Å². The quantitative estimate of drug-likeness (QED) is 0.176. The fourth-order valence-electron chi connectivity index (χ4n) is 8.26. The van der Waals surface area contributed by atoms with Crippen molar-refractivity contribution in [3.05, 3.63) is 132 Å². The van der Waals surface area contributed by atoms with Gasteiger partial charge in [0.2, 0.25) is 5.89 Å². The summed E-state index contributed by atoms with van der Waals surface area (Å²) in [4.78, 5) is 15.5. The molecule has 0 unspecified atom stereocenters. The summed E-state index contributed by atoms with van der Waals surface area (Å²) in [5, 5.41) is 3.39. The van der Waals surface area contributed by atoms with Crippen LogP contribution in [0.5, 0.6) is 0 Å². The topological polar surface area (TPSA) is 69.9 Å². The van der Waals surface area contributed by atoms with Crippen molar-refractivity contribution in [1.82, 2.24) is 19.5 Å². The van der Waals surface area contributed by atoms with Gasteiger partial charge in [-0.3, -0.25) is 4.57 Å². The Balaban J connectivity index is 1.34. The fraction of sp³-hybridized carbons (Fsp3) is 0.220. The second-order valence-electron chi connectivity index (χ2n) is 16.7. The average Bonchev–Trinajstić information content (AvgIpc) is 3.93. The molecule has 4 heterocycles. The smallest absolute Gasteiger partial charge is 0.200 e. The van der Waals surface area contributed by atoms with Crippen LogP contribution in [-0.4, -0.2) is 19.5 Å². The summed E-state index contributed by atoms with van der Waals surface area (Å²) in [6.45, 7) is 12.7. The molecule has 0 aliphatic heterocycles. The zero-order valence-electron chi connectivity index (χ0n) is 35.7. The van der Waals surface area contributed by atoms with Crippen LogP contribution in [0.2, 0.25) is 0 Å². The van der Waals surface area contributed by atoms with Crippen LogP contribution in [0.1, 0.15) is 87.0 Å². The van der Waals surface area contributed by atoms with Crippen molar-refractivity contribution < 1.29 is 12.9 Å². The van der Waals surface area contributed by atoms with Gasteiger partial charge < -0.3 is 8.83 Å². The maximum absolute atomic E-state index is 8.69. The molecule has 10 rings (SSSR count). The van der Waals surface area contributed by atoms with E-state index < -0.39 is 6.85 Å². The van der Waals surface area contributed by atoms with E-state index in [1.807, 2.05) is 30.3 Å². The summed E-state index contributed by atoms with van der Waals surface area (Å²) in [7, 11) is 0. The number of furan rings is 1. The van der Waals surface area contributed by atoms with Crippen LogP contribution in [0, 0.1) is 6.85 Å². The molecule has 4 aromatic heterocycles. The first kappa shape index (κ1) is 31.0. The molecule has 0 fully saturated rings. The normalized spacial score (nSPS) is 13.6. The Labute approximate surface area is 330 Å². The lowest BCUT2D eigenvalue weighted by Crippen LogP contribution is -2.10. The SMILES string of the molecule is [2H]C([2H])([2H])c1ccc(-c2nc3ccc4ccccc4c3n2-c2c(C(C)C)cc(-c3ccccc3)cc2C(C)C)c2oc3cc4c(ccc5oc(C(C)(C)C)nc54)nc3c12. The second-order valence-corrected chi connectivity index (χ2v) is 16.7. The molecule has 6 heteroatoms. The number of hydrogen-bond acceptors (Lipinski definition) is 5. The molecule has 10 aromatic rings. The number of rotatable bonds is 5. The van der Waals surface area contributed by atoms with Gasteiger partial charge in [-0.05, 0) is 94.4 Å². The molecule has 0 saturated carbocycles. The number of pyridine rings is 1. The van der Waals surface area contributed by atoms with Gasteiger partial charge in [-0.2, -0.15) is 0 Å². The van der Waals surface area contributed by atoms with Crippen LogP contribution >= 0.6 is 0 Å². The Kier molecular flexibility index (Phi) is 6.85. The number of imidazole rings is 1. The highest BCUT2D eigenvalue weighted by molar-refractivity contribution is 6.15. The number of oxazole rings is 1. The molecule has 56 heavy (non-hydrogen) atoms. The van der Waals surface area contributed by atoms with E-state index in [-0.39, 0.29) is 22.8 Å². The number of aromatic nitrogens is 4. The van der Waals surface area contributed by atoms with Crippen LogP contribution < -0.4 is 0 Å². The maximum Gasteiger partial charge on any atom is 0.200 e. The Bertz CT molecular complexity index is 3280. The molecule has 0 aliphatic carbocycles. The molecule has 276 valence electrons. The zero-order chi connectivity index (χ0) is 41.1. The van der Waals surface area contributed by atoms with Gasteiger partial charge in [0.15, 0.2) is 11.2 Å². The molecule has 0 aliphatic rings. The monoisotopic (exact) mass is 735 g/mol. The van der Waals surface area contributed by atoms with E-state index >= 15 is 0 Å². The molecule has 0 amide bonds. The number of fused-ring (bicyclic) bond motifs is 9. The van der Waals surface area contributed by atoms with Gasteiger partial charge in [-0.25, -0.2) is 15.0 Å². The third-order valence-electron chi connectivity index (χ3n) is 11.1. The summed E-state index contributed by atoms with van der Waals surface area (Å²) in [5.41, 5.74) is 11.5. The first-order valence-corrected chi connectivity index (χ1v) is 19.4. The minimum Gasteiger partial charge on any atom is -0.454 e. The first-order chi connectivity index (χ1) is 28.2. The van der Waals surface area contributed by atoms with E-state index in [4.69, 9.17) is 27.9 Å². The van der Waals surface area contributed by atoms with E-state index in [1.165, 1.54) is 11.1 Å². The molecule has 0 saturated heterocycles. The van der Waals surface area contributed by atoms with Gasteiger partial charge >= 0.3 is 0 Å². The summed E-state index contributed by atoms with van der Waals surface area (Å²) >= 11 is 0. The molecule has 0 spiro atoms. The van der Waals surface area contributed by atoms with E-state index in [2.05, 4.69) is 126 Å². The van der Waals surface area contributed by atoms with Crippen LogP contribution in [-0.2, 0) is 5.41 Å². The van der Waals surface area contributed by atoms with E-state index in [1.54, 1.807) is 6.07 Å². The van der Waals surface area contributed by atoms with E-state index in [9.17, 15) is 0 Å². The zero-order valence-corrected chi connectivity index (χ0v) is 32.7. The van der Waals surface area contributed by atoms with Crippen molar-refractivity contribution in [2.45, 2.75) is 72.6 Å². The van der Waals surface area contributed by atoms with E-state index in [0.29, 0.717) is 56.0 Å². The third kappa shape index (κ3) is 5.19. The van der Waals surface area contributed by atoms with Gasteiger partial charge in [0.1, 0.15) is 22.4 Å². The molecule has 0 atom stereocenters. The second kappa shape index (κ2) is 12.4. The number of nitrogens with zero attached hydrogens (tertiary/aromatic N) is 4. The molecule has 6 nitrogen and oxygen atoms in total. The molecule has 6 aromatic carbocycles. The Hall–Kier alpha value is -6.27. The van der Waals surface area contributed by atoms with Crippen LogP contribution in [0.3, 0.4) is 0 Å². The third-order valence-corrected chi connectivity index (χ3v) is 11.1. The van der Waals surface area contributed by atoms with Crippen molar-refractivity contribution in [3.63, 3.8) is 0 Å². The van der Waals surface area contributed by atoms with Crippen LogP contribution in [0.4, 0.5) is 0 Å². The maximum atomic E-state index is 8.69. The minimum absolute atomic E-state index is 0.152. The Morgan fingerprint density at radius 3 is 2.11 bits per heavy atom. The molecule has 0 radical (unpaired) electrons. The predicted octanol–water partition coefficient (Wildman–Crippen LogP) is 14.0. The van der Waals surface area contributed by atoms with Crippen LogP contribution in [0.15, 0.2) is 118 Å². The van der Waals surface area contributed by atoms with Gasteiger partial charge in [0.25, 0.3) is 0 Å².